The Bertz CT molecular complexity index is 553. The third kappa shape index (κ3) is 1.95. The molecule has 2 N–H and O–H groups in total. The lowest BCUT2D eigenvalue weighted by Crippen LogP contribution is -2.08. The Morgan fingerprint density at radius 3 is 2.56 bits per heavy atom. The van der Waals surface area contributed by atoms with E-state index in [1.807, 2.05) is 0 Å². The van der Waals surface area contributed by atoms with Crippen LogP contribution in [0.25, 0.3) is 10.9 Å². The standard InChI is InChI=1S/C9H5BrF3N3/c10-5-1-4-3-15-8(14)16-7(4)6(2-5)9(11,12)13/h1-3H,(H2,14,15,16). The van der Waals surface area contributed by atoms with Crippen LogP contribution in [-0.4, -0.2) is 9.97 Å². The lowest BCUT2D eigenvalue weighted by atomic mass is 10.1. The summed E-state index contributed by atoms with van der Waals surface area (Å²) in [6, 6.07) is 2.47. The number of hydrogen-bond donors (Lipinski definition) is 1. The number of nitrogens with zero attached hydrogens (tertiary/aromatic N) is 2. The van der Waals surface area contributed by atoms with E-state index in [0.29, 0.717) is 4.47 Å². The van der Waals surface area contributed by atoms with Crippen molar-refractivity contribution in [3.8, 4) is 0 Å². The molecule has 1 aromatic carbocycles. The van der Waals surface area contributed by atoms with Crippen LogP contribution in [0, 0.1) is 0 Å². The first-order chi connectivity index (χ1) is 7.38. The zero-order chi connectivity index (χ0) is 11.9. The van der Waals surface area contributed by atoms with E-state index in [9.17, 15) is 13.2 Å². The predicted molar refractivity (Wildman–Crippen MR) is 56.7 cm³/mol. The molecule has 1 aromatic heterocycles. The number of hydrogen-bond acceptors (Lipinski definition) is 3. The minimum atomic E-state index is -4.47. The smallest absolute Gasteiger partial charge is 0.368 e. The Balaban J connectivity index is 2.85. The van der Waals surface area contributed by atoms with E-state index < -0.39 is 11.7 Å². The minimum Gasteiger partial charge on any atom is -0.368 e. The van der Waals surface area contributed by atoms with Crippen LogP contribution in [0.2, 0.25) is 0 Å². The third-order valence-corrected chi connectivity index (χ3v) is 2.43. The molecule has 0 saturated heterocycles. The molecule has 1 heterocycles. The summed E-state index contributed by atoms with van der Waals surface area (Å²) < 4.78 is 38.4. The van der Waals surface area contributed by atoms with Crippen molar-refractivity contribution in [3.05, 3.63) is 28.4 Å². The second-order valence-electron chi connectivity index (χ2n) is 3.12. The molecule has 0 radical (unpaired) electrons. The third-order valence-electron chi connectivity index (χ3n) is 1.97. The van der Waals surface area contributed by atoms with E-state index in [-0.39, 0.29) is 16.9 Å². The molecule has 0 atom stereocenters. The number of nitrogens with two attached hydrogens (primary N) is 1. The summed E-state index contributed by atoms with van der Waals surface area (Å²) in [5.74, 6) is -0.180. The van der Waals surface area contributed by atoms with Gasteiger partial charge in [-0.15, -0.1) is 0 Å². The van der Waals surface area contributed by atoms with Crippen molar-refractivity contribution in [2.45, 2.75) is 6.18 Å². The molecule has 84 valence electrons. The van der Waals surface area contributed by atoms with Crippen LogP contribution in [0.4, 0.5) is 19.1 Å². The highest BCUT2D eigenvalue weighted by molar-refractivity contribution is 9.10. The fraction of sp³-hybridized carbons (Fsp3) is 0.111. The van der Waals surface area contributed by atoms with Crippen molar-refractivity contribution in [1.82, 2.24) is 9.97 Å². The Kier molecular flexibility index (Phi) is 2.49. The number of benzene rings is 1. The average Bonchev–Trinajstić information content (AvgIpc) is 2.16. The maximum atomic E-state index is 12.7. The second-order valence-corrected chi connectivity index (χ2v) is 4.03. The summed E-state index contributed by atoms with van der Waals surface area (Å²) in [6.07, 6.45) is -3.21. The predicted octanol–water partition coefficient (Wildman–Crippen LogP) is 2.99. The SMILES string of the molecule is Nc1ncc2cc(Br)cc(C(F)(F)F)c2n1. The van der Waals surface area contributed by atoms with Gasteiger partial charge in [-0.05, 0) is 12.1 Å². The minimum absolute atomic E-state index is 0.180. The Hall–Kier alpha value is -1.37. The summed E-state index contributed by atoms with van der Waals surface area (Å²) in [5.41, 5.74) is 4.25. The molecule has 0 aliphatic rings. The number of alkyl halides is 3. The van der Waals surface area contributed by atoms with Crippen LogP contribution in [-0.2, 0) is 6.18 Å². The van der Waals surface area contributed by atoms with Crippen LogP contribution >= 0.6 is 15.9 Å². The van der Waals surface area contributed by atoms with Crippen LogP contribution in [0.15, 0.2) is 22.8 Å². The molecule has 0 aliphatic carbocycles. The summed E-state index contributed by atoms with van der Waals surface area (Å²) in [5, 5.41) is 0.288. The van der Waals surface area contributed by atoms with Crippen LogP contribution in [0.1, 0.15) is 5.56 Å². The van der Waals surface area contributed by atoms with Gasteiger partial charge in [0, 0.05) is 16.1 Å². The van der Waals surface area contributed by atoms with E-state index in [2.05, 4.69) is 25.9 Å². The molecule has 0 amide bonds. The summed E-state index contributed by atoms with van der Waals surface area (Å²) in [6.45, 7) is 0. The number of anilines is 1. The number of fused-ring (bicyclic) bond motifs is 1. The van der Waals surface area contributed by atoms with Crippen molar-refractivity contribution in [2.75, 3.05) is 5.73 Å². The molecule has 0 spiro atoms. The van der Waals surface area contributed by atoms with Gasteiger partial charge in [0.25, 0.3) is 0 Å². The first kappa shape index (κ1) is 11.1. The zero-order valence-corrected chi connectivity index (χ0v) is 9.30. The van der Waals surface area contributed by atoms with Gasteiger partial charge in [0.15, 0.2) is 0 Å². The van der Waals surface area contributed by atoms with Crippen molar-refractivity contribution in [2.24, 2.45) is 0 Å². The van der Waals surface area contributed by atoms with Gasteiger partial charge < -0.3 is 5.73 Å². The van der Waals surface area contributed by atoms with Crippen molar-refractivity contribution in [1.29, 1.82) is 0 Å². The first-order valence-corrected chi connectivity index (χ1v) is 4.96. The van der Waals surface area contributed by atoms with Crippen molar-refractivity contribution < 1.29 is 13.2 Å². The van der Waals surface area contributed by atoms with Gasteiger partial charge in [0.2, 0.25) is 5.95 Å². The van der Waals surface area contributed by atoms with Crippen LogP contribution in [0.3, 0.4) is 0 Å². The normalized spacial score (nSPS) is 12.0. The van der Waals surface area contributed by atoms with Crippen LogP contribution in [0.5, 0.6) is 0 Å². The largest absolute Gasteiger partial charge is 0.418 e. The molecule has 0 fully saturated rings. The molecule has 16 heavy (non-hydrogen) atoms. The van der Waals surface area contributed by atoms with Gasteiger partial charge in [-0.1, -0.05) is 15.9 Å². The maximum Gasteiger partial charge on any atom is 0.418 e. The van der Waals surface area contributed by atoms with Gasteiger partial charge in [-0.3, -0.25) is 0 Å². The van der Waals surface area contributed by atoms with Gasteiger partial charge >= 0.3 is 6.18 Å². The molecule has 3 nitrogen and oxygen atoms in total. The molecule has 2 rings (SSSR count). The molecule has 0 unspecified atom stereocenters. The monoisotopic (exact) mass is 291 g/mol. The Morgan fingerprint density at radius 1 is 1.25 bits per heavy atom. The summed E-state index contributed by atoms with van der Waals surface area (Å²) in [7, 11) is 0. The lowest BCUT2D eigenvalue weighted by Gasteiger charge is -2.10. The fourth-order valence-corrected chi connectivity index (χ4v) is 1.81. The maximum absolute atomic E-state index is 12.7. The second kappa shape index (κ2) is 3.58. The molecule has 0 bridgehead atoms. The topological polar surface area (TPSA) is 51.8 Å². The zero-order valence-electron chi connectivity index (χ0n) is 7.72. The first-order valence-electron chi connectivity index (χ1n) is 4.17. The summed E-state index contributed by atoms with van der Waals surface area (Å²) >= 11 is 3.01. The van der Waals surface area contributed by atoms with Gasteiger partial charge in [0.1, 0.15) is 0 Å². The number of halogens is 4. The number of aromatic nitrogens is 2. The van der Waals surface area contributed by atoms with Gasteiger partial charge in [-0.25, -0.2) is 9.97 Å². The Labute approximate surface area is 96.6 Å². The average molecular weight is 292 g/mol. The van der Waals surface area contributed by atoms with Gasteiger partial charge in [0.05, 0.1) is 11.1 Å². The van der Waals surface area contributed by atoms with Gasteiger partial charge in [-0.2, -0.15) is 13.2 Å². The molecule has 0 aliphatic heterocycles. The van der Waals surface area contributed by atoms with E-state index >= 15 is 0 Å². The fourth-order valence-electron chi connectivity index (χ4n) is 1.34. The Morgan fingerprint density at radius 2 is 1.94 bits per heavy atom. The number of rotatable bonds is 0. The van der Waals surface area contributed by atoms with Crippen molar-refractivity contribution in [3.63, 3.8) is 0 Å². The molecule has 7 heteroatoms. The summed E-state index contributed by atoms with van der Waals surface area (Å²) in [4.78, 5) is 7.26. The highest BCUT2D eigenvalue weighted by Gasteiger charge is 2.33. The van der Waals surface area contributed by atoms with E-state index in [0.717, 1.165) is 6.07 Å². The van der Waals surface area contributed by atoms with E-state index in [1.54, 1.807) is 0 Å². The highest BCUT2D eigenvalue weighted by atomic mass is 79.9. The van der Waals surface area contributed by atoms with Crippen molar-refractivity contribution >= 4 is 32.8 Å². The molecular weight excluding hydrogens is 287 g/mol. The molecule has 2 aromatic rings. The lowest BCUT2D eigenvalue weighted by molar-refractivity contribution is -0.136. The van der Waals surface area contributed by atoms with E-state index in [1.165, 1.54) is 12.3 Å². The van der Waals surface area contributed by atoms with E-state index in [4.69, 9.17) is 5.73 Å². The molecular formula is C9H5BrF3N3. The molecule has 0 saturated carbocycles. The number of nitrogen functional groups attached to an aromatic ring is 1. The highest BCUT2D eigenvalue weighted by Crippen LogP contribution is 2.35. The quantitative estimate of drug-likeness (QED) is 0.812. The van der Waals surface area contributed by atoms with Crippen LogP contribution < -0.4 is 5.73 Å².